The molecule has 0 radical (unpaired) electrons. The molecule has 0 aliphatic heterocycles. The average molecular weight is 332 g/mol. The van der Waals surface area contributed by atoms with Gasteiger partial charge in [-0.3, -0.25) is 4.79 Å². The topological polar surface area (TPSA) is 29.1 Å². The van der Waals surface area contributed by atoms with Gasteiger partial charge in [-0.05, 0) is 35.9 Å². The van der Waals surface area contributed by atoms with E-state index >= 15 is 0 Å². The molecule has 1 amide bonds. The molecule has 0 bridgehead atoms. The van der Waals surface area contributed by atoms with Gasteiger partial charge in [-0.1, -0.05) is 23.7 Å². The maximum absolute atomic E-state index is 13.6. The maximum Gasteiger partial charge on any atom is 0.416 e. The molecule has 0 fully saturated rings. The van der Waals surface area contributed by atoms with E-state index in [0.717, 1.165) is 18.2 Å². The van der Waals surface area contributed by atoms with Crippen molar-refractivity contribution in [2.75, 3.05) is 5.32 Å². The molecule has 0 atom stereocenters. The first-order valence-electron chi connectivity index (χ1n) is 6.17. The minimum atomic E-state index is -4.50. The third-order valence-electron chi connectivity index (χ3n) is 2.84. The smallest absolute Gasteiger partial charge is 0.326 e. The van der Waals surface area contributed by atoms with Crippen LogP contribution >= 0.6 is 11.6 Å². The number of halogens is 5. The van der Waals surface area contributed by atoms with Crippen molar-refractivity contribution in [3.8, 4) is 0 Å². The zero-order chi connectivity index (χ0) is 16.3. The monoisotopic (exact) mass is 331 g/mol. The molecule has 0 heterocycles. The summed E-state index contributed by atoms with van der Waals surface area (Å²) in [6.45, 7) is 0. The van der Waals surface area contributed by atoms with Crippen molar-refractivity contribution in [2.45, 2.75) is 12.6 Å². The molecule has 2 aromatic rings. The van der Waals surface area contributed by atoms with Crippen LogP contribution in [0.1, 0.15) is 11.1 Å². The number of benzene rings is 2. The van der Waals surface area contributed by atoms with Gasteiger partial charge < -0.3 is 5.32 Å². The number of carbonyl (C=O) groups excluding carboxylic acids is 1. The second-order valence-electron chi connectivity index (χ2n) is 4.54. The Morgan fingerprint density at radius 3 is 2.50 bits per heavy atom. The van der Waals surface area contributed by atoms with E-state index in [1.807, 2.05) is 0 Å². The quantitative estimate of drug-likeness (QED) is 0.813. The molecule has 1 N–H and O–H groups in total. The van der Waals surface area contributed by atoms with Crippen molar-refractivity contribution in [3.63, 3.8) is 0 Å². The highest BCUT2D eigenvalue weighted by Gasteiger charge is 2.30. The van der Waals surface area contributed by atoms with E-state index in [1.165, 1.54) is 24.3 Å². The molecule has 2 aromatic carbocycles. The summed E-state index contributed by atoms with van der Waals surface area (Å²) >= 11 is 5.60. The van der Waals surface area contributed by atoms with Crippen LogP contribution < -0.4 is 5.32 Å². The van der Waals surface area contributed by atoms with Crippen molar-refractivity contribution < 1.29 is 22.4 Å². The van der Waals surface area contributed by atoms with Gasteiger partial charge in [0.25, 0.3) is 0 Å². The highest BCUT2D eigenvalue weighted by molar-refractivity contribution is 6.30. The van der Waals surface area contributed by atoms with Crippen LogP contribution in [-0.2, 0) is 17.4 Å². The molecule has 0 aliphatic rings. The van der Waals surface area contributed by atoms with Crippen molar-refractivity contribution in [2.24, 2.45) is 0 Å². The van der Waals surface area contributed by atoms with Gasteiger partial charge in [0.05, 0.1) is 12.0 Å². The Balaban J connectivity index is 2.09. The van der Waals surface area contributed by atoms with Crippen molar-refractivity contribution >= 4 is 23.2 Å². The molecule has 0 aromatic heterocycles. The summed E-state index contributed by atoms with van der Waals surface area (Å²) in [5, 5.41) is 2.50. The van der Waals surface area contributed by atoms with E-state index in [0.29, 0.717) is 0 Å². The van der Waals surface area contributed by atoms with Crippen LogP contribution in [0.2, 0.25) is 5.02 Å². The second kappa shape index (κ2) is 6.36. The van der Waals surface area contributed by atoms with Gasteiger partial charge in [-0.25, -0.2) is 4.39 Å². The summed E-state index contributed by atoms with van der Waals surface area (Å²) in [6, 6.07) is 8.06. The van der Waals surface area contributed by atoms with E-state index < -0.39 is 23.5 Å². The lowest BCUT2D eigenvalue weighted by Gasteiger charge is -2.10. The Morgan fingerprint density at radius 1 is 1.14 bits per heavy atom. The average Bonchev–Trinajstić information content (AvgIpc) is 2.41. The fourth-order valence-corrected chi connectivity index (χ4v) is 1.98. The highest BCUT2D eigenvalue weighted by atomic mass is 35.5. The van der Waals surface area contributed by atoms with Crippen molar-refractivity contribution in [1.82, 2.24) is 0 Å². The van der Waals surface area contributed by atoms with Gasteiger partial charge in [0.1, 0.15) is 5.82 Å². The zero-order valence-corrected chi connectivity index (χ0v) is 11.8. The molecule has 0 spiro atoms. The third-order valence-corrected chi connectivity index (χ3v) is 3.07. The van der Waals surface area contributed by atoms with Gasteiger partial charge >= 0.3 is 6.18 Å². The van der Waals surface area contributed by atoms with Crippen molar-refractivity contribution in [1.29, 1.82) is 0 Å². The van der Waals surface area contributed by atoms with E-state index in [4.69, 9.17) is 11.6 Å². The molecular weight excluding hydrogens is 322 g/mol. The van der Waals surface area contributed by atoms with Crippen LogP contribution in [0.5, 0.6) is 0 Å². The van der Waals surface area contributed by atoms with Gasteiger partial charge in [-0.15, -0.1) is 0 Å². The van der Waals surface area contributed by atoms with Gasteiger partial charge in [0, 0.05) is 10.7 Å². The molecule has 22 heavy (non-hydrogen) atoms. The number of nitrogens with one attached hydrogen (secondary N) is 1. The first-order valence-corrected chi connectivity index (χ1v) is 6.54. The summed E-state index contributed by atoms with van der Waals surface area (Å²) in [4.78, 5) is 11.8. The van der Waals surface area contributed by atoms with E-state index in [-0.39, 0.29) is 22.7 Å². The van der Waals surface area contributed by atoms with Crippen LogP contribution in [0.15, 0.2) is 42.5 Å². The minimum Gasteiger partial charge on any atom is -0.326 e. The molecule has 7 heteroatoms. The molecule has 2 nitrogen and oxygen atoms in total. The summed E-state index contributed by atoms with van der Waals surface area (Å²) in [5.74, 6) is -1.27. The normalized spacial score (nSPS) is 11.3. The summed E-state index contributed by atoms with van der Waals surface area (Å²) in [7, 11) is 0. The lowest BCUT2D eigenvalue weighted by atomic mass is 10.1. The predicted octanol–water partition coefficient (Wildman–Crippen LogP) is 4.68. The van der Waals surface area contributed by atoms with Crippen LogP contribution in [0.3, 0.4) is 0 Å². The first-order chi connectivity index (χ1) is 10.3. The summed E-state index contributed by atoms with van der Waals surface area (Å²) in [6.07, 6.45) is -4.80. The molecule has 0 saturated heterocycles. The summed E-state index contributed by atoms with van der Waals surface area (Å²) < 4.78 is 51.3. The molecule has 0 saturated carbocycles. The number of anilines is 1. The summed E-state index contributed by atoms with van der Waals surface area (Å²) in [5.41, 5.74) is -0.772. The van der Waals surface area contributed by atoms with Crippen LogP contribution in [0.4, 0.5) is 23.2 Å². The molecule has 2 rings (SSSR count). The molecule has 0 unspecified atom stereocenters. The molecule has 116 valence electrons. The lowest BCUT2D eigenvalue weighted by molar-refractivity contribution is -0.137. The zero-order valence-electron chi connectivity index (χ0n) is 11.0. The van der Waals surface area contributed by atoms with Crippen LogP contribution in [-0.4, -0.2) is 5.91 Å². The van der Waals surface area contributed by atoms with E-state index in [1.54, 1.807) is 0 Å². The standard InChI is InChI=1S/C15H10ClF4NO/c16-11-5-4-9(13(17)8-11)6-14(22)21-12-3-1-2-10(7-12)15(18,19)20/h1-5,7-8H,6H2,(H,21,22). The van der Waals surface area contributed by atoms with E-state index in [2.05, 4.69) is 5.32 Å². The largest absolute Gasteiger partial charge is 0.416 e. The number of alkyl halides is 3. The number of carbonyl (C=O) groups is 1. The first kappa shape index (κ1) is 16.3. The number of amides is 1. The highest BCUT2D eigenvalue weighted by Crippen LogP contribution is 2.30. The molecule has 0 aliphatic carbocycles. The van der Waals surface area contributed by atoms with Gasteiger partial charge in [-0.2, -0.15) is 13.2 Å². The Morgan fingerprint density at radius 2 is 1.86 bits per heavy atom. The second-order valence-corrected chi connectivity index (χ2v) is 4.98. The number of rotatable bonds is 3. The van der Waals surface area contributed by atoms with Crippen LogP contribution in [0, 0.1) is 5.82 Å². The Kier molecular flexibility index (Phi) is 4.71. The van der Waals surface area contributed by atoms with Crippen molar-refractivity contribution in [3.05, 3.63) is 64.4 Å². The Labute approximate surface area is 128 Å². The maximum atomic E-state index is 13.6. The van der Waals surface area contributed by atoms with Gasteiger partial charge in [0.2, 0.25) is 5.91 Å². The molecular formula is C15H10ClF4NO. The predicted molar refractivity (Wildman–Crippen MR) is 75.2 cm³/mol. The third kappa shape index (κ3) is 4.21. The fourth-order valence-electron chi connectivity index (χ4n) is 1.82. The number of hydrogen-bond acceptors (Lipinski definition) is 1. The Hall–Kier alpha value is -2.08. The van der Waals surface area contributed by atoms with E-state index in [9.17, 15) is 22.4 Å². The Bertz CT molecular complexity index is 700. The fraction of sp³-hybridized carbons (Fsp3) is 0.133. The van der Waals surface area contributed by atoms with Crippen LogP contribution in [0.25, 0.3) is 0 Å². The SMILES string of the molecule is O=C(Cc1ccc(Cl)cc1F)Nc1cccc(C(F)(F)F)c1. The van der Waals surface area contributed by atoms with Gasteiger partial charge in [0.15, 0.2) is 0 Å². The lowest BCUT2D eigenvalue weighted by Crippen LogP contribution is -2.16. The number of hydrogen-bond donors (Lipinski definition) is 1. The minimum absolute atomic E-state index is 0.00537.